The molecule has 0 radical (unpaired) electrons. The summed E-state index contributed by atoms with van der Waals surface area (Å²) >= 11 is 0. The van der Waals surface area contributed by atoms with E-state index in [4.69, 9.17) is 19.7 Å². The van der Waals surface area contributed by atoms with Crippen molar-refractivity contribution in [1.29, 1.82) is 0 Å². The molecule has 10 nitrogen and oxygen atoms in total. The molecule has 128 valence electrons. The number of carbonyl (C=O) groups is 1. The van der Waals surface area contributed by atoms with Crippen LogP contribution in [0.25, 0.3) is 0 Å². The zero-order valence-electron chi connectivity index (χ0n) is 11.6. The third-order valence-corrected chi connectivity index (χ3v) is 3.39. The second-order valence-corrected chi connectivity index (χ2v) is 4.96. The maximum Gasteiger partial charge on any atom is 0.335 e. The van der Waals surface area contributed by atoms with Gasteiger partial charge in [-0.25, -0.2) is 4.79 Å². The number of benzene rings is 1. The van der Waals surface area contributed by atoms with Crippen molar-refractivity contribution in [2.75, 3.05) is 6.61 Å². The molecule has 1 aromatic carbocycles. The summed E-state index contributed by atoms with van der Waals surface area (Å²) in [6.07, 6.45) is -7.91. The fraction of sp³-hybridized carbons (Fsp3) is 0.462. The molecule has 1 aliphatic heterocycles. The van der Waals surface area contributed by atoms with Crippen molar-refractivity contribution in [1.82, 2.24) is 0 Å². The molecule has 1 fully saturated rings. The molecule has 1 saturated heterocycles. The molecule has 0 amide bonds. The van der Waals surface area contributed by atoms with Gasteiger partial charge >= 0.3 is 5.97 Å². The lowest BCUT2D eigenvalue weighted by molar-refractivity contribution is -0.277. The summed E-state index contributed by atoms with van der Waals surface area (Å²) in [5.41, 5.74) is -0.403. The summed E-state index contributed by atoms with van der Waals surface area (Å²) in [6.45, 7) is -0.683. The summed E-state index contributed by atoms with van der Waals surface area (Å²) in [6, 6.07) is 1.66. The number of phenols is 2. The summed E-state index contributed by atoms with van der Waals surface area (Å²) < 4.78 is 10.2. The Hall–Kier alpha value is -2.11. The topological polar surface area (TPSA) is 177 Å². The third-order valence-electron chi connectivity index (χ3n) is 3.39. The van der Waals surface area contributed by atoms with Gasteiger partial charge in [-0.2, -0.15) is 0 Å². The van der Waals surface area contributed by atoms with Crippen molar-refractivity contribution in [2.45, 2.75) is 30.7 Å². The highest BCUT2D eigenvalue weighted by molar-refractivity contribution is 5.89. The number of rotatable bonds is 4. The van der Waals surface area contributed by atoms with E-state index >= 15 is 0 Å². The highest BCUT2D eigenvalue weighted by Crippen LogP contribution is 2.38. The first-order valence-electron chi connectivity index (χ1n) is 6.52. The van der Waals surface area contributed by atoms with E-state index in [2.05, 4.69) is 0 Å². The number of aliphatic hydroxyl groups excluding tert-OH is 4. The first-order valence-corrected chi connectivity index (χ1v) is 6.52. The molecular formula is C13H16O10. The van der Waals surface area contributed by atoms with Gasteiger partial charge in [-0.3, -0.25) is 0 Å². The van der Waals surface area contributed by atoms with Gasteiger partial charge in [-0.15, -0.1) is 0 Å². The monoisotopic (exact) mass is 332 g/mol. The minimum atomic E-state index is -1.75. The second-order valence-electron chi connectivity index (χ2n) is 4.96. The van der Waals surface area contributed by atoms with Gasteiger partial charge in [0.15, 0.2) is 11.5 Å². The van der Waals surface area contributed by atoms with Crippen molar-refractivity contribution in [3.05, 3.63) is 17.7 Å². The number of aromatic hydroxyl groups is 2. The summed E-state index contributed by atoms with van der Waals surface area (Å²) in [4.78, 5) is 10.9. The van der Waals surface area contributed by atoms with Crippen LogP contribution >= 0.6 is 0 Å². The molecule has 23 heavy (non-hydrogen) atoms. The van der Waals surface area contributed by atoms with Crippen molar-refractivity contribution < 1.29 is 50.0 Å². The van der Waals surface area contributed by atoms with Gasteiger partial charge in [-0.1, -0.05) is 0 Å². The lowest BCUT2D eigenvalue weighted by Gasteiger charge is -2.39. The molecule has 1 aromatic rings. The molecule has 0 aliphatic carbocycles. The smallest absolute Gasteiger partial charge is 0.335 e. The van der Waals surface area contributed by atoms with Gasteiger partial charge < -0.3 is 45.2 Å². The van der Waals surface area contributed by atoms with Crippen LogP contribution in [0.4, 0.5) is 0 Å². The van der Waals surface area contributed by atoms with Gasteiger partial charge in [0, 0.05) is 0 Å². The van der Waals surface area contributed by atoms with Crippen LogP contribution in [-0.4, -0.2) is 79.0 Å². The molecule has 1 heterocycles. The Morgan fingerprint density at radius 2 is 1.78 bits per heavy atom. The average molecular weight is 332 g/mol. The lowest BCUT2D eigenvalue weighted by Crippen LogP contribution is -2.60. The molecule has 0 aromatic heterocycles. The number of hydrogen-bond acceptors (Lipinski definition) is 9. The van der Waals surface area contributed by atoms with E-state index in [9.17, 15) is 30.3 Å². The molecule has 5 atom stereocenters. The Kier molecular flexibility index (Phi) is 4.92. The van der Waals surface area contributed by atoms with Crippen LogP contribution in [0.3, 0.4) is 0 Å². The van der Waals surface area contributed by atoms with E-state index in [0.29, 0.717) is 0 Å². The second kappa shape index (κ2) is 6.56. The van der Waals surface area contributed by atoms with Crippen LogP contribution in [0.15, 0.2) is 12.1 Å². The molecule has 0 saturated carbocycles. The number of phenolic OH excluding ortho intramolecular Hbond substituents is 2. The highest BCUT2D eigenvalue weighted by atomic mass is 16.7. The van der Waals surface area contributed by atoms with Gasteiger partial charge in [0.25, 0.3) is 0 Å². The molecular weight excluding hydrogens is 316 g/mol. The largest absolute Gasteiger partial charge is 0.504 e. The van der Waals surface area contributed by atoms with Crippen LogP contribution in [-0.2, 0) is 4.74 Å². The summed E-state index contributed by atoms with van der Waals surface area (Å²) in [7, 11) is 0. The van der Waals surface area contributed by atoms with E-state index in [1.54, 1.807) is 0 Å². The molecule has 0 spiro atoms. The predicted octanol–water partition coefficient (Wildman–Crippen LogP) is -2.03. The average Bonchev–Trinajstić information content (AvgIpc) is 2.51. The van der Waals surface area contributed by atoms with Crippen LogP contribution < -0.4 is 4.74 Å². The fourth-order valence-corrected chi connectivity index (χ4v) is 2.10. The van der Waals surface area contributed by atoms with Gasteiger partial charge in [0.1, 0.15) is 24.4 Å². The zero-order chi connectivity index (χ0) is 17.3. The SMILES string of the molecule is O=C(O)c1cc(O)c(O)c(OC2OC(CO)C(O)[C@H](O)[C@H]2O)c1. The van der Waals surface area contributed by atoms with Crippen LogP contribution in [0.5, 0.6) is 17.2 Å². The summed E-state index contributed by atoms with van der Waals surface area (Å²) in [5.74, 6) is -3.50. The Bertz CT molecular complexity index is 586. The van der Waals surface area contributed by atoms with Crippen LogP contribution in [0.2, 0.25) is 0 Å². The summed E-state index contributed by atoms with van der Waals surface area (Å²) in [5, 5.41) is 66.3. The molecule has 10 heteroatoms. The molecule has 1 aliphatic rings. The van der Waals surface area contributed by atoms with E-state index in [0.717, 1.165) is 12.1 Å². The van der Waals surface area contributed by atoms with Gasteiger partial charge in [0.05, 0.1) is 12.2 Å². The van der Waals surface area contributed by atoms with Crippen molar-refractivity contribution in [3.63, 3.8) is 0 Å². The number of aromatic carboxylic acids is 1. The standard InChI is InChI=1S/C13H16O10/c14-3-7-9(17)10(18)11(19)13(23-7)22-6-2-4(12(20)21)1-5(15)8(6)16/h1-2,7,9-11,13-19H,3H2,(H,20,21)/t7?,9?,10-,11+,13?/m0/s1. The Balaban J connectivity index is 2.29. The number of aliphatic hydroxyl groups is 4. The number of ether oxygens (including phenoxy) is 2. The van der Waals surface area contributed by atoms with Crippen LogP contribution in [0.1, 0.15) is 10.4 Å². The van der Waals surface area contributed by atoms with E-state index in [-0.39, 0.29) is 0 Å². The maximum absolute atomic E-state index is 10.9. The van der Waals surface area contributed by atoms with Gasteiger partial charge in [0.2, 0.25) is 12.0 Å². The Morgan fingerprint density at radius 1 is 1.13 bits per heavy atom. The lowest BCUT2D eigenvalue weighted by atomic mass is 9.99. The van der Waals surface area contributed by atoms with E-state index in [1.807, 2.05) is 0 Å². The minimum Gasteiger partial charge on any atom is -0.504 e. The predicted molar refractivity (Wildman–Crippen MR) is 71.1 cm³/mol. The van der Waals surface area contributed by atoms with E-state index < -0.39 is 66.1 Å². The minimum absolute atomic E-state index is 0.403. The number of carboxylic acid groups (broad SMARTS) is 1. The molecule has 2 rings (SSSR count). The Labute approximate surface area is 129 Å². The quantitative estimate of drug-likeness (QED) is 0.304. The highest BCUT2D eigenvalue weighted by Gasteiger charge is 2.45. The Morgan fingerprint density at radius 3 is 2.35 bits per heavy atom. The molecule has 3 unspecified atom stereocenters. The van der Waals surface area contributed by atoms with Crippen molar-refractivity contribution >= 4 is 5.97 Å². The fourth-order valence-electron chi connectivity index (χ4n) is 2.10. The molecule has 7 N–H and O–H groups in total. The number of hydrogen-bond donors (Lipinski definition) is 7. The zero-order valence-corrected chi connectivity index (χ0v) is 11.6. The van der Waals surface area contributed by atoms with E-state index in [1.165, 1.54) is 0 Å². The van der Waals surface area contributed by atoms with Gasteiger partial charge in [-0.05, 0) is 12.1 Å². The third kappa shape index (κ3) is 3.30. The molecule has 0 bridgehead atoms. The first kappa shape index (κ1) is 17.2. The van der Waals surface area contributed by atoms with Crippen molar-refractivity contribution in [3.8, 4) is 17.2 Å². The first-order chi connectivity index (χ1) is 10.8. The maximum atomic E-state index is 10.9. The van der Waals surface area contributed by atoms with Crippen molar-refractivity contribution in [2.24, 2.45) is 0 Å². The van der Waals surface area contributed by atoms with Crippen LogP contribution in [0, 0.1) is 0 Å². The number of carboxylic acids is 1. The normalized spacial score (nSPS) is 30.9.